The fraction of sp³-hybridized carbons (Fsp3) is 0.321. The van der Waals surface area contributed by atoms with Crippen molar-refractivity contribution in [3.8, 4) is 22.3 Å². The zero-order valence-corrected chi connectivity index (χ0v) is 38.3. The summed E-state index contributed by atoms with van der Waals surface area (Å²) in [5, 5.41) is 9.09. The van der Waals surface area contributed by atoms with Crippen LogP contribution < -0.4 is 10.2 Å². The van der Waals surface area contributed by atoms with Crippen molar-refractivity contribution in [2.45, 2.75) is 83.5 Å². The molecule has 3 aromatic carbocycles. The first-order chi connectivity index (χ1) is 34.0. The van der Waals surface area contributed by atoms with Crippen LogP contribution in [0.5, 0.6) is 0 Å². The largest absolute Gasteiger partial charge is 0.381 e. The van der Waals surface area contributed by atoms with Crippen molar-refractivity contribution < 1.29 is 37.5 Å². The standard InChI is InChI=1S/C53H47F2N9O6/c1-29(65)60-16-11-45-42(28-60)50(59-64(45)35-12-17-70-18-13-35)62-15-2-3-34-21-37(38(49(54)55)23-47(34)62)41-27-61(44-10-14-56-25-40(41)44)26-30-19-33-5-4-32(22-43(33)57-24-30)31-6-7-36-39(20-31)53(69)63(52(36)68)46-8-9-48(66)58-51(46)67/h4-7,10,14,19-25,27,35,46,49H,2-3,8-9,11-13,15-18,26,28H2,1H3,(H,58,66,67). The van der Waals surface area contributed by atoms with Crippen molar-refractivity contribution in [1.82, 2.24) is 39.4 Å². The Balaban J connectivity index is 0.845. The number of imide groups is 2. The van der Waals surface area contributed by atoms with E-state index >= 15 is 8.78 Å². The first-order valence-electron chi connectivity index (χ1n) is 23.8. The van der Waals surface area contributed by atoms with Crippen molar-refractivity contribution in [3.63, 3.8) is 0 Å². The van der Waals surface area contributed by atoms with Crippen molar-refractivity contribution >= 4 is 62.8 Å². The Morgan fingerprint density at radius 1 is 0.857 bits per heavy atom. The molecule has 1 atom stereocenters. The molecule has 0 bridgehead atoms. The molecular weight excluding hydrogens is 897 g/mol. The van der Waals surface area contributed by atoms with Crippen LogP contribution in [-0.4, -0.2) is 96.0 Å². The SMILES string of the molecule is CC(=O)N1CCc2c(c(N3CCCc4cc(-c5cn(Cc6cnc7cc(-c8ccc9c(c8)C(=O)N(C8CCC(=O)NC8=O)C9=O)ccc7c6)c6ccncc56)c(C(F)F)cc43)nn2C2CCOCC2)C1. The number of pyridine rings is 2. The van der Waals surface area contributed by atoms with Crippen LogP contribution in [0.2, 0.25) is 0 Å². The van der Waals surface area contributed by atoms with E-state index in [9.17, 15) is 24.0 Å². The zero-order valence-electron chi connectivity index (χ0n) is 38.3. The number of alkyl halides is 2. The van der Waals surface area contributed by atoms with Gasteiger partial charge in [0.25, 0.3) is 18.2 Å². The Hall–Kier alpha value is -7.66. The van der Waals surface area contributed by atoms with Crippen LogP contribution in [0.15, 0.2) is 85.5 Å². The van der Waals surface area contributed by atoms with E-state index < -0.39 is 36.1 Å². The van der Waals surface area contributed by atoms with Crippen molar-refractivity contribution in [1.29, 1.82) is 0 Å². The van der Waals surface area contributed by atoms with Crippen LogP contribution in [0.4, 0.5) is 20.3 Å². The number of piperidine rings is 1. The molecule has 12 rings (SSSR count). The van der Waals surface area contributed by atoms with Gasteiger partial charge in [-0.2, -0.15) is 5.10 Å². The average Bonchev–Trinajstić information content (AvgIpc) is 4.02. The van der Waals surface area contributed by atoms with E-state index in [0.717, 1.165) is 74.2 Å². The lowest BCUT2D eigenvalue weighted by molar-refractivity contribution is -0.136. The zero-order chi connectivity index (χ0) is 47.9. The molecule has 15 nitrogen and oxygen atoms in total. The number of amides is 5. The van der Waals surface area contributed by atoms with Gasteiger partial charge in [-0.3, -0.25) is 48.8 Å². The number of anilines is 2. The molecule has 0 saturated carbocycles. The van der Waals surface area contributed by atoms with Gasteiger partial charge in [0.15, 0.2) is 5.82 Å². The number of nitrogens with one attached hydrogen (secondary N) is 1. The second-order valence-electron chi connectivity index (χ2n) is 18.9. The lowest BCUT2D eigenvalue weighted by Crippen LogP contribution is -2.54. The molecule has 2 fully saturated rings. The molecule has 70 heavy (non-hydrogen) atoms. The monoisotopic (exact) mass is 943 g/mol. The first kappa shape index (κ1) is 43.6. The summed E-state index contributed by atoms with van der Waals surface area (Å²) in [6, 6.07) is 17.4. The minimum Gasteiger partial charge on any atom is -0.381 e. The number of nitrogens with zero attached hydrogens (tertiary/aromatic N) is 8. The van der Waals surface area contributed by atoms with Gasteiger partial charge in [0.05, 0.1) is 34.7 Å². The number of hydrogen-bond acceptors (Lipinski definition) is 10. The number of rotatable bonds is 8. The number of halogens is 2. The van der Waals surface area contributed by atoms with E-state index in [1.54, 1.807) is 49.8 Å². The quantitative estimate of drug-likeness (QED) is 0.149. The van der Waals surface area contributed by atoms with Crippen molar-refractivity contribution in [2.24, 2.45) is 0 Å². The number of aromatic nitrogens is 5. The molecule has 9 heterocycles. The van der Waals surface area contributed by atoms with Gasteiger partial charge in [-0.05, 0) is 102 Å². The molecule has 354 valence electrons. The van der Waals surface area contributed by atoms with Gasteiger partial charge >= 0.3 is 0 Å². The molecule has 5 amide bonds. The van der Waals surface area contributed by atoms with Crippen LogP contribution in [0.25, 0.3) is 44.1 Å². The third-order valence-corrected chi connectivity index (χ3v) is 14.7. The molecule has 0 spiro atoms. The molecule has 1 unspecified atom stereocenters. The van der Waals surface area contributed by atoms with E-state index in [4.69, 9.17) is 14.8 Å². The Morgan fingerprint density at radius 2 is 1.67 bits per heavy atom. The molecule has 17 heteroatoms. The lowest BCUT2D eigenvalue weighted by atomic mass is 9.91. The molecule has 2 saturated heterocycles. The molecule has 7 aromatic rings. The summed E-state index contributed by atoms with van der Waals surface area (Å²) in [4.78, 5) is 77.9. The second kappa shape index (κ2) is 17.1. The van der Waals surface area contributed by atoms with Crippen molar-refractivity contribution in [2.75, 3.05) is 31.2 Å². The maximum atomic E-state index is 15.5. The summed E-state index contributed by atoms with van der Waals surface area (Å²) in [7, 11) is 0. The topological polar surface area (TPSA) is 165 Å². The third-order valence-electron chi connectivity index (χ3n) is 14.7. The summed E-state index contributed by atoms with van der Waals surface area (Å²) >= 11 is 0. The van der Waals surface area contributed by atoms with E-state index in [1.807, 2.05) is 52.1 Å². The van der Waals surface area contributed by atoms with Crippen molar-refractivity contribution in [3.05, 3.63) is 125 Å². The fourth-order valence-electron chi connectivity index (χ4n) is 11.2. The summed E-state index contributed by atoms with van der Waals surface area (Å²) < 4.78 is 40.9. The van der Waals surface area contributed by atoms with Crippen LogP contribution in [0, 0.1) is 0 Å². The summed E-state index contributed by atoms with van der Waals surface area (Å²) in [6.07, 6.45) is 8.35. The van der Waals surface area contributed by atoms with E-state index in [2.05, 4.69) is 19.9 Å². The summed E-state index contributed by atoms with van der Waals surface area (Å²) in [5.41, 5.74) is 9.08. The van der Waals surface area contributed by atoms with Gasteiger partial charge in [0.2, 0.25) is 17.7 Å². The maximum absolute atomic E-state index is 15.5. The summed E-state index contributed by atoms with van der Waals surface area (Å²) in [6.45, 7) is 4.93. The molecule has 0 aliphatic carbocycles. The van der Waals surface area contributed by atoms with Crippen LogP contribution in [0.1, 0.15) is 100 Å². The molecule has 5 aliphatic rings. The predicted molar refractivity (Wildman–Crippen MR) is 255 cm³/mol. The van der Waals surface area contributed by atoms with Gasteiger partial charge in [-0.15, -0.1) is 0 Å². The highest BCUT2D eigenvalue weighted by Gasteiger charge is 2.45. The maximum Gasteiger partial charge on any atom is 0.264 e. The number of benzene rings is 3. The lowest BCUT2D eigenvalue weighted by Gasteiger charge is -2.33. The molecule has 0 radical (unpaired) electrons. The molecular formula is C53H47F2N9O6. The Labute approximate surface area is 400 Å². The fourth-order valence-corrected chi connectivity index (χ4v) is 11.2. The van der Waals surface area contributed by atoms with Crippen LogP contribution >= 0.6 is 0 Å². The number of carbonyl (C=O) groups excluding carboxylic acids is 5. The Morgan fingerprint density at radius 3 is 2.49 bits per heavy atom. The number of hydrogen-bond donors (Lipinski definition) is 1. The van der Waals surface area contributed by atoms with Gasteiger partial charge < -0.3 is 19.1 Å². The van der Waals surface area contributed by atoms with Gasteiger partial charge in [-0.25, -0.2) is 8.78 Å². The number of carbonyl (C=O) groups is 5. The Bertz CT molecular complexity index is 3380. The van der Waals surface area contributed by atoms with Crippen LogP contribution in [0.3, 0.4) is 0 Å². The van der Waals surface area contributed by atoms with Gasteiger partial charge in [0, 0.05) is 116 Å². The predicted octanol–water partition coefficient (Wildman–Crippen LogP) is 7.84. The smallest absolute Gasteiger partial charge is 0.264 e. The van der Waals surface area contributed by atoms with E-state index in [1.165, 1.54) is 0 Å². The Kier molecular flexibility index (Phi) is 10.6. The van der Waals surface area contributed by atoms with E-state index in [0.29, 0.717) is 80.1 Å². The highest BCUT2D eigenvalue weighted by atomic mass is 19.3. The third kappa shape index (κ3) is 7.32. The number of fused-ring (bicyclic) bond motifs is 5. The van der Waals surface area contributed by atoms with Gasteiger partial charge in [0.1, 0.15) is 6.04 Å². The normalized spacial score (nSPS) is 18.5. The number of ether oxygens (including phenoxy) is 1. The number of aryl methyl sites for hydroxylation is 1. The van der Waals surface area contributed by atoms with Gasteiger partial charge in [-0.1, -0.05) is 18.2 Å². The molecule has 4 aromatic heterocycles. The second-order valence-corrected chi connectivity index (χ2v) is 18.9. The molecule has 5 aliphatic heterocycles. The first-order valence-corrected chi connectivity index (χ1v) is 23.8. The highest BCUT2D eigenvalue weighted by Crippen LogP contribution is 2.45. The summed E-state index contributed by atoms with van der Waals surface area (Å²) in [5.74, 6) is -1.50. The minimum absolute atomic E-state index is 0.00356. The highest BCUT2D eigenvalue weighted by molar-refractivity contribution is 6.24. The average molecular weight is 944 g/mol. The molecule has 1 N–H and O–H groups in total. The van der Waals surface area contributed by atoms with E-state index in [-0.39, 0.29) is 41.5 Å². The minimum atomic E-state index is -2.78. The van der Waals surface area contributed by atoms with Crippen LogP contribution in [-0.2, 0) is 45.1 Å².